The first-order valence-electron chi connectivity index (χ1n) is 10.5. The Hall–Kier alpha value is -2.60. The van der Waals surface area contributed by atoms with Crippen molar-refractivity contribution in [1.29, 1.82) is 0 Å². The number of rotatable bonds is 4. The molecule has 1 spiro atoms. The molecule has 1 saturated carbocycles. The Kier molecular flexibility index (Phi) is 4.69. The SMILES string of the molecule is COc1ccc2c(c1)[C@@]1(CCO2)C[C@@H]1C(=O)NC1(c2cccc(F)c2)CCOCC1. The summed E-state index contributed by atoms with van der Waals surface area (Å²) in [5.74, 6) is 1.21. The van der Waals surface area contributed by atoms with Crippen LogP contribution in [0.2, 0.25) is 0 Å². The van der Waals surface area contributed by atoms with Gasteiger partial charge in [0.25, 0.3) is 0 Å². The highest BCUT2D eigenvalue weighted by atomic mass is 19.1. The molecule has 1 saturated heterocycles. The van der Waals surface area contributed by atoms with Crippen LogP contribution in [-0.4, -0.2) is 32.8 Å². The van der Waals surface area contributed by atoms with Crippen molar-refractivity contribution >= 4 is 5.91 Å². The molecule has 1 aliphatic carbocycles. The van der Waals surface area contributed by atoms with Gasteiger partial charge >= 0.3 is 0 Å². The van der Waals surface area contributed by atoms with Gasteiger partial charge in [-0.2, -0.15) is 0 Å². The van der Waals surface area contributed by atoms with Gasteiger partial charge in [0.15, 0.2) is 0 Å². The number of fused-ring (bicyclic) bond motifs is 2. The molecule has 5 nitrogen and oxygen atoms in total. The molecule has 2 atom stereocenters. The van der Waals surface area contributed by atoms with Crippen LogP contribution < -0.4 is 14.8 Å². The van der Waals surface area contributed by atoms with E-state index >= 15 is 0 Å². The monoisotopic (exact) mass is 411 g/mol. The fourth-order valence-corrected chi connectivity index (χ4v) is 5.17. The maximum atomic E-state index is 14.0. The molecule has 2 aromatic rings. The normalized spacial score (nSPS) is 26.4. The molecule has 2 aliphatic heterocycles. The van der Waals surface area contributed by atoms with E-state index in [4.69, 9.17) is 14.2 Å². The third kappa shape index (κ3) is 3.14. The number of amides is 1. The Morgan fingerprint density at radius 1 is 1.13 bits per heavy atom. The minimum atomic E-state index is -0.594. The lowest BCUT2D eigenvalue weighted by Crippen LogP contribution is -2.50. The molecule has 2 aromatic carbocycles. The summed E-state index contributed by atoms with van der Waals surface area (Å²) in [5.41, 5.74) is 1.06. The summed E-state index contributed by atoms with van der Waals surface area (Å²) in [7, 11) is 1.64. The molecule has 2 fully saturated rings. The van der Waals surface area contributed by atoms with Gasteiger partial charge in [0.05, 0.1) is 19.3 Å². The fraction of sp³-hybridized carbons (Fsp3) is 0.458. The van der Waals surface area contributed by atoms with Crippen LogP contribution in [0.3, 0.4) is 0 Å². The van der Waals surface area contributed by atoms with Gasteiger partial charge in [-0.3, -0.25) is 4.79 Å². The van der Waals surface area contributed by atoms with Crippen molar-refractivity contribution in [2.75, 3.05) is 26.9 Å². The number of carbonyl (C=O) groups is 1. The zero-order valence-electron chi connectivity index (χ0n) is 17.1. The topological polar surface area (TPSA) is 56.8 Å². The van der Waals surface area contributed by atoms with Crippen molar-refractivity contribution in [2.24, 2.45) is 5.92 Å². The Balaban J connectivity index is 1.42. The molecular weight excluding hydrogens is 385 g/mol. The molecule has 30 heavy (non-hydrogen) atoms. The molecular formula is C24H26FNO4. The van der Waals surface area contributed by atoms with Gasteiger partial charge in [0, 0.05) is 30.1 Å². The van der Waals surface area contributed by atoms with Crippen LogP contribution in [0.15, 0.2) is 42.5 Å². The minimum Gasteiger partial charge on any atom is -0.497 e. The van der Waals surface area contributed by atoms with Crippen LogP contribution in [0.1, 0.15) is 36.8 Å². The van der Waals surface area contributed by atoms with Crippen molar-refractivity contribution in [3.63, 3.8) is 0 Å². The number of methoxy groups -OCH3 is 1. The molecule has 158 valence electrons. The molecule has 0 aromatic heterocycles. The van der Waals surface area contributed by atoms with E-state index in [0.717, 1.165) is 35.5 Å². The molecule has 2 heterocycles. The lowest BCUT2D eigenvalue weighted by Gasteiger charge is -2.39. The van der Waals surface area contributed by atoms with Gasteiger partial charge < -0.3 is 19.5 Å². The zero-order chi connectivity index (χ0) is 20.8. The third-order valence-corrected chi connectivity index (χ3v) is 7.01. The van der Waals surface area contributed by atoms with E-state index in [1.165, 1.54) is 12.1 Å². The predicted octanol–water partition coefficient (Wildman–Crippen LogP) is 3.70. The highest BCUT2D eigenvalue weighted by Crippen LogP contribution is 2.61. The molecule has 3 aliphatic rings. The van der Waals surface area contributed by atoms with Crippen LogP contribution in [0.5, 0.6) is 11.5 Å². The standard InChI is InChI=1S/C24H26FNO4/c1-28-18-5-6-21-19(14-18)23(7-12-30-21)15-20(23)22(27)26-24(8-10-29-11-9-24)16-3-2-4-17(25)13-16/h2-6,13-14,20H,7-12,15H2,1H3,(H,26,27)/t20-,23-/m1/s1. The summed E-state index contributed by atoms with van der Waals surface area (Å²) in [6, 6.07) is 12.4. The Labute approximate surface area is 175 Å². The lowest BCUT2D eigenvalue weighted by atomic mass is 9.81. The molecule has 1 amide bonds. The number of ether oxygens (including phenoxy) is 3. The van der Waals surface area contributed by atoms with Crippen LogP contribution >= 0.6 is 0 Å². The van der Waals surface area contributed by atoms with Gasteiger partial charge in [-0.05, 0) is 61.6 Å². The van der Waals surface area contributed by atoms with E-state index in [-0.39, 0.29) is 23.1 Å². The summed E-state index contributed by atoms with van der Waals surface area (Å²) in [6.45, 7) is 1.69. The summed E-state index contributed by atoms with van der Waals surface area (Å²) in [6.07, 6.45) is 2.87. The average Bonchev–Trinajstić information content (AvgIpc) is 3.49. The number of benzene rings is 2. The van der Waals surface area contributed by atoms with Crippen molar-refractivity contribution in [2.45, 2.75) is 36.6 Å². The molecule has 0 radical (unpaired) electrons. The average molecular weight is 411 g/mol. The maximum absolute atomic E-state index is 14.0. The van der Waals surface area contributed by atoms with Crippen molar-refractivity contribution < 1.29 is 23.4 Å². The molecule has 1 N–H and O–H groups in total. The van der Waals surface area contributed by atoms with Crippen LogP contribution in [0, 0.1) is 11.7 Å². The van der Waals surface area contributed by atoms with E-state index in [2.05, 4.69) is 5.32 Å². The second-order valence-electron chi connectivity index (χ2n) is 8.57. The summed E-state index contributed by atoms with van der Waals surface area (Å²) in [5, 5.41) is 3.31. The first kappa shape index (κ1) is 19.4. The quantitative estimate of drug-likeness (QED) is 0.834. The van der Waals surface area contributed by atoms with Crippen molar-refractivity contribution in [3.8, 4) is 11.5 Å². The number of hydrogen-bond acceptors (Lipinski definition) is 4. The van der Waals surface area contributed by atoms with Gasteiger partial charge in [0.1, 0.15) is 17.3 Å². The Bertz CT molecular complexity index is 971. The molecule has 6 heteroatoms. The number of halogens is 1. The smallest absolute Gasteiger partial charge is 0.224 e. The zero-order valence-corrected chi connectivity index (χ0v) is 17.1. The summed E-state index contributed by atoms with van der Waals surface area (Å²) < 4.78 is 30.7. The van der Waals surface area contributed by atoms with Crippen molar-refractivity contribution in [3.05, 3.63) is 59.4 Å². The van der Waals surface area contributed by atoms with Crippen molar-refractivity contribution in [1.82, 2.24) is 5.32 Å². The van der Waals surface area contributed by atoms with Crippen LogP contribution in [0.25, 0.3) is 0 Å². The maximum Gasteiger partial charge on any atom is 0.224 e. The number of hydrogen-bond donors (Lipinski definition) is 1. The summed E-state index contributed by atoms with van der Waals surface area (Å²) in [4.78, 5) is 13.5. The summed E-state index contributed by atoms with van der Waals surface area (Å²) >= 11 is 0. The van der Waals surface area contributed by atoms with E-state index < -0.39 is 5.54 Å². The Morgan fingerprint density at radius 3 is 2.73 bits per heavy atom. The predicted molar refractivity (Wildman–Crippen MR) is 109 cm³/mol. The molecule has 0 unspecified atom stereocenters. The number of nitrogens with one attached hydrogen (secondary N) is 1. The highest BCUT2D eigenvalue weighted by molar-refractivity contribution is 5.86. The van der Waals surface area contributed by atoms with Gasteiger partial charge in [-0.15, -0.1) is 0 Å². The van der Waals surface area contributed by atoms with Gasteiger partial charge in [-0.25, -0.2) is 4.39 Å². The first-order valence-corrected chi connectivity index (χ1v) is 10.5. The van der Waals surface area contributed by atoms with Crippen LogP contribution in [0.4, 0.5) is 4.39 Å². The second-order valence-corrected chi connectivity index (χ2v) is 8.57. The largest absolute Gasteiger partial charge is 0.497 e. The number of carbonyl (C=O) groups excluding carboxylic acids is 1. The van der Waals surface area contributed by atoms with Crippen LogP contribution in [-0.2, 0) is 20.5 Å². The highest BCUT2D eigenvalue weighted by Gasteiger charge is 2.61. The van der Waals surface area contributed by atoms with Gasteiger partial charge in [0.2, 0.25) is 5.91 Å². The van der Waals surface area contributed by atoms with Gasteiger partial charge in [-0.1, -0.05) is 12.1 Å². The first-order chi connectivity index (χ1) is 14.6. The second kappa shape index (κ2) is 7.27. The Morgan fingerprint density at radius 2 is 1.97 bits per heavy atom. The van der Waals surface area contributed by atoms with E-state index in [1.54, 1.807) is 13.2 Å². The van der Waals surface area contributed by atoms with E-state index in [9.17, 15) is 9.18 Å². The van der Waals surface area contributed by atoms with E-state index in [0.29, 0.717) is 32.7 Å². The van der Waals surface area contributed by atoms with E-state index in [1.807, 2.05) is 24.3 Å². The third-order valence-electron chi connectivity index (χ3n) is 7.01. The fourth-order valence-electron chi connectivity index (χ4n) is 5.17. The minimum absolute atomic E-state index is 0.0248. The molecule has 0 bridgehead atoms. The molecule has 5 rings (SSSR count). The lowest BCUT2D eigenvalue weighted by molar-refractivity contribution is -0.126.